The van der Waals surface area contributed by atoms with Crippen LogP contribution in [0.5, 0.6) is 0 Å². The van der Waals surface area contributed by atoms with Crippen LogP contribution >= 0.6 is 0 Å². The fourth-order valence-electron chi connectivity index (χ4n) is 1.01. The van der Waals surface area contributed by atoms with Crippen molar-refractivity contribution < 1.29 is 13.2 Å². The Morgan fingerprint density at radius 2 is 2.17 bits per heavy atom. The first kappa shape index (κ1) is 9.12. The molecule has 0 bridgehead atoms. The van der Waals surface area contributed by atoms with Crippen molar-refractivity contribution in [2.24, 2.45) is 5.73 Å². The van der Waals surface area contributed by atoms with Crippen LogP contribution < -0.4 is 5.73 Å². The van der Waals surface area contributed by atoms with Crippen molar-refractivity contribution in [2.45, 2.75) is 12.1 Å². The van der Waals surface area contributed by atoms with Crippen LogP contribution in [0.1, 0.15) is 11.5 Å². The Morgan fingerprint density at radius 3 is 2.50 bits per heavy atom. The fraction of sp³-hybridized carbons (Fsp3) is 0.429. The zero-order valence-electron chi connectivity index (χ0n) is 6.23. The smallest absolute Gasteiger partial charge is 0.367 e. The number of hydrogen-bond donors (Lipinski definition) is 2. The zero-order chi connectivity index (χ0) is 9.19. The van der Waals surface area contributed by atoms with E-state index in [1.165, 1.54) is 18.5 Å². The molecule has 0 aliphatic heterocycles. The van der Waals surface area contributed by atoms with Crippen molar-refractivity contribution in [3.05, 3.63) is 24.0 Å². The Morgan fingerprint density at radius 1 is 1.50 bits per heavy atom. The molecule has 1 aromatic heterocycles. The van der Waals surface area contributed by atoms with E-state index < -0.39 is 18.6 Å². The van der Waals surface area contributed by atoms with Gasteiger partial charge in [-0.3, -0.25) is 0 Å². The lowest BCUT2D eigenvalue weighted by molar-refractivity contribution is -0.148. The second-order valence-electron chi connectivity index (χ2n) is 2.47. The number of aromatic amines is 1. The van der Waals surface area contributed by atoms with Crippen molar-refractivity contribution in [1.29, 1.82) is 0 Å². The van der Waals surface area contributed by atoms with Gasteiger partial charge >= 0.3 is 6.18 Å². The number of alkyl halides is 3. The third-order valence-electron chi connectivity index (χ3n) is 1.66. The van der Waals surface area contributed by atoms with E-state index in [1.807, 2.05) is 0 Å². The van der Waals surface area contributed by atoms with Crippen LogP contribution in [-0.2, 0) is 0 Å². The molecule has 12 heavy (non-hydrogen) atoms. The van der Waals surface area contributed by atoms with Gasteiger partial charge in [-0.15, -0.1) is 0 Å². The Balaban J connectivity index is 2.84. The summed E-state index contributed by atoms with van der Waals surface area (Å²) in [5.41, 5.74) is 5.20. The van der Waals surface area contributed by atoms with Crippen LogP contribution in [0.2, 0.25) is 0 Å². The molecular formula is C7H9F3N2. The highest BCUT2D eigenvalue weighted by Crippen LogP contribution is 2.33. The molecular weight excluding hydrogens is 169 g/mol. The average Bonchev–Trinajstić information content (AvgIpc) is 2.38. The van der Waals surface area contributed by atoms with Gasteiger partial charge in [-0.2, -0.15) is 13.2 Å². The van der Waals surface area contributed by atoms with Crippen LogP contribution in [0, 0.1) is 0 Å². The highest BCUT2D eigenvalue weighted by molar-refractivity contribution is 5.17. The van der Waals surface area contributed by atoms with Gasteiger partial charge in [0.05, 0.1) is 5.92 Å². The van der Waals surface area contributed by atoms with Gasteiger partial charge in [0, 0.05) is 18.9 Å². The number of hydrogen-bond acceptors (Lipinski definition) is 1. The summed E-state index contributed by atoms with van der Waals surface area (Å²) in [6.07, 6.45) is -1.49. The molecule has 2 nitrogen and oxygen atoms in total. The van der Waals surface area contributed by atoms with Gasteiger partial charge < -0.3 is 10.7 Å². The van der Waals surface area contributed by atoms with Gasteiger partial charge in [-0.05, 0) is 11.6 Å². The molecule has 0 radical (unpaired) electrons. The normalized spacial score (nSPS) is 14.7. The molecule has 0 aliphatic carbocycles. The molecule has 1 rings (SSSR count). The van der Waals surface area contributed by atoms with Gasteiger partial charge in [0.1, 0.15) is 0 Å². The number of aromatic nitrogens is 1. The van der Waals surface area contributed by atoms with E-state index in [2.05, 4.69) is 4.98 Å². The summed E-state index contributed by atoms with van der Waals surface area (Å²) in [6, 6.07) is 1.38. The van der Waals surface area contributed by atoms with E-state index in [-0.39, 0.29) is 5.56 Å². The SMILES string of the molecule is NCC(c1cc[nH]c1)C(F)(F)F. The summed E-state index contributed by atoms with van der Waals surface area (Å²) in [5, 5.41) is 0. The molecule has 0 amide bonds. The number of nitrogens with one attached hydrogen (secondary N) is 1. The molecule has 0 saturated carbocycles. The second-order valence-corrected chi connectivity index (χ2v) is 2.47. The topological polar surface area (TPSA) is 41.8 Å². The lowest BCUT2D eigenvalue weighted by atomic mass is 10.0. The summed E-state index contributed by atoms with van der Waals surface area (Å²) in [6.45, 7) is -0.415. The van der Waals surface area contributed by atoms with Crippen LogP contribution in [0.15, 0.2) is 18.5 Å². The summed E-state index contributed by atoms with van der Waals surface area (Å²) >= 11 is 0. The van der Waals surface area contributed by atoms with Crippen LogP contribution in [0.3, 0.4) is 0 Å². The Bertz CT molecular complexity index is 227. The Labute approximate surface area is 67.6 Å². The van der Waals surface area contributed by atoms with Crippen LogP contribution in [0.4, 0.5) is 13.2 Å². The maximum absolute atomic E-state index is 12.2. The van der Waals surface area contributed by atoms with Crippen molar-refractivity contribution in [3.63, 3.8) is 0 Å². The molecule has 5 heteroatoms. The molecule has 0 spiro atoms. The lowest BCUT2D eigenvalue weighted by Gasteiger charge is -2.16. The molecule has 0 saturated heterocycles. The first-order chi connectivity index (χ1) is 5.55. The Kier molecular flexibility index (Phi) is 2.42. The van der Waals surface area contributed by atoms with E-state index in [4.69, 9.17) is 5.73 Å². The first-order valence-electron chi connectivity index (χ1n) is 3.45. The quantitative estimate of drug-likeness (QED) is 0.709. The number of H-pyrrole nitrogens is 1. The molecule has 1 unspecified atom stereocenters. The van der Waals surface area contributed by atoms with Crippen molar-refractivity contribution in [3.8, 4) is 0 Å². The highest BCUT2D eigenvalue weighted by Gasteiger charge is 2.39. The summed E-state index contributed by atoms with van der Waals surface area (Å²) < 4.78 is 36.6. The number of halogens is 3. The molecule has 68 valence electrons. The third-order valence-corrected chi connectivity index (χ3v) is 1.66. The summed E-state index contributed by atoms with van der Waals surface area (Å²) in [5.74, 6) is -1.55. The second kappa shape index (κ2) is 3.18. The van der Waals surface area contributed by atoms with Crippen LogP contribution in [-0.4, -0.2) is 17.7 Å². The molecule has 3 N–H and O–H groups in total. The molecule has 0 aromatic carbocycles. The Hall–Kier alpha value is -0.970. The van der Waals surface area contributed by atoms with Crippen molar-refractivity contribution in [1.82, 2.24) is 4.98 Å². The maximum Gasteiger partial charge on any atom is 0.397 e. The molecule has 1 heterocycles. The van der Waals surface area contributed by atoms with E-state index in [9.17, 15) is 13.2 Å². The monoisotopic (exact) mass is 178 g/mol. The zero-order valence-corrected chi connectivity index (χ0v) is 6.23. The van der Waals surface area contributed by atoms with Gasteiger partial charge in [0.15, 0.2) is 0 Å². The first-order valence-corrected chi connectivity index (χ1v) is 3.45. The minimum absolute atomic E-state index is 0.185. The number of rotatable bonds is 2. The third kappa shape index (κ3) is 1.79. The molecule has 1 atom stereocenters. The van der Waals surface area contributed by atoms with Crippen molar-refractivity contribution in [2.75, 3.05) is 6.54 Å². The number of nitrogens with two attached hydrogens (primary N) is 1. The minimum Gasteiger partial charge on any atom is -0.367 e. The van der Waals surface area contributed by atoms with E-state index >= 15 is 0 Å². The van der Waals surface area contributed by atoms with Gasteiger partial charge in [-0.1, -0.05) is 0 Å². The van der Waals surface area contributed by atoms with E-state index in [0.29, 0.717) is 0 Å². The van der Waals surface area contributed by atoms with E-state index in [1.54, 1.807) is 0 Å². The predicted molar refractivity (Wildman–Crippen MR) is 38.6 cm³/mol. The lowest BCUT2D eigenvalue weighted by Crippen LogP contribution is -2.27. The largest absolute Gasteiger partial charge is 0.397 e. The summed E-state index contributed by atoms with van der Waals surface area (Å²) in [7, 11) is 0. The van der Waals surface area contributed by atoms with E-state index in [0.717, 1.165) is 0 Å². The van der Waals surface area contributed by atoms with Crippen molar-refractivity contribution >= 4 is 0 Å². The predicted octanol–water partition coefficient (Wildman–Crippen LogP) is 1.62. The maximum atomic E-state index is 12.2. The van der Waals surface area contributed by atoms with Crippen LogP contribution in [0.25, 0.3) is 0 Å². The highest BCUT2D eigenvalue weighted by atomic mass is 19.4. The van der Waals surface area contributed by atoms with Gasteiger partial charge in [0.25, 0.3) is 0 Å². The van der Waals surface area contributed by atoms with Gasteiger partial charge in [0.2, 0.25) is 0 Å². The standard InChI is InChI=1S/C7H9F3N2/c8-7(9,10)6(3-11)5-1-2-12-4-5/h1-2,4,6,12H,3,11H2. The molecule has 0 fully saturated rings. The van der Waals surface area contributed by atoms with Gasteiger partial charge in [-0.25, -0.2) is 0 Å². The molecule has 0 aliphatic rings. The fourth-order valence-corrected chi connectivity index (χ4v) is 1.01. The summed E-state index contributed by atoms with van der Waals surface area (Å²) in [4.78, 5) is 2.56. The minimum atomic E-state index is -4.25. The molecule has 1 aromatic rings. The average molecular weight is 178 g/mol.